The smallest absolute Gasteiger partial charge is 0.132 e. The molecule has 0 aliphatic rings. The molecule has 0 heterocycles. The lowest BCUT2D eigenvalue weighted by atomic mass is 10.1. The molecule has 0 saturated carbocycles. The first kappa shape index (κ1) is 11.2. The van der Waals surface area contributed by atoms with E-state index >= 15 is 0 Å². The molecule has 72 valence electrons. The average molecular weight is 288 g/mol. The van der Waals surface area contributed by atoms with Crippen molar-refractivity contribution in [3.63, 3.8) is 0 Å². The number of halogens is 4. The van der Waals surface area contributed by atoms with E-state index in [-0.39, 0.29) is 15.6 Å². The van der Waals surface area contributed by atoms with Gasteiger partial charge in [0.1, 0.15) is 5.82 Å². The monoisotopic (exact) mass is 286 g/mol. The third kappa shape index (κ3) is 2.15. The second-order valence-corrected chi connectivity index (χ2v) is 4.14. The largest absolute Gasteiger partial charge is 0.389 e. The first-order valence-corrected chi connectivity index (χ1v) is 5.01. The van der Waals surface area contributed by atoms with Crippen LogP contribution in [-0.2, 0) is 0 Å². The number of rotatable bonds is 1. The molecule has 0 amide bonds. The van der Waals surface area contributed by atoms with Gasteiger partial charge in [-0.3, -0.25) is 0 Å². The molecule has 0 radical (unpaired) electrons. The minimum Gasteiger partial charge on any atom is -0.389 e. The van der Waals surface area contributed by atoms with Crippen LogP contribution in [0.4, 0.5) is 4.39 Å². The summed E-state index contributed by atoms with van der Waals surface area (Å²) in [6, 6.07) is 1.11. The van der Waals surface area contributed by atoms with Crippen LogP contribution in [-0.4, -0.2) is 5.11 Å². The zero-order valence-corrected chi connectivity index (χ0v) is 9.71. The van der Waals surface area contributed by atoms with E-state index in [1.54, 1.807) is 0 Å². The van der Waals surface area contributed by atoms with Gasteiger partial charge in [0, 0.05) is 5.56 Å². The summed E-state index contributed by atoms with van der Waals surface area (Å²) in [6.07, 6.45) is -0.957. The molecule has 0 aliphatic carbocycles. The Morgan fingerprint density at radius 2 is 2.08 bits per heavy atom. The highest BCUT2D eigenvalue weighted by Crippen LogP contribution is 2.37. The lowest BCUT2D eigenvalue weighted by molar-refractivity contribution is 0.194. The van der Waals surface area contributed by atoms with Crippen molar-refractivity contribution in [3.05, 3.63) is 32.0 Å². The number of hydrogen-bond acceptors (Lipinski definition) is 1. The molecule has 1 aromatic rings. The molecule has 1 aromatic carbocycles. The van der Waals surface area contributed by atoms with E-state index in [1.165, 1.54) is 6.92 Å². The second-order valence-electron chi connectivity index (χ2n) is 2.56. The molecule has 1 rings (SSSR count). The van der Waals surface area contributed by atoms with Crippen LogP contribution in [0, 0.1) is 5.82 Å². The van der Waals surface area contributed by atoms with Gasteiger partial charge in [-0.05, 0) is 28.9 Å². The Kier molecular flexibility index (Phi) is 3.57. The highest BCUT2D eigenvalue weighted by molar-refractivity contribution is 9.10. The Bertz CT molecular complexity index is 341. The second kappa shape index (κ2) is 4.13. The van der Waals surface area contributed by atoms with E-state index in [2.05, 4.69) is 15.9 Å². The van der Waals surface area contributed by atoms with E-state index < -0.39 is 11.9 Å². The van der Waals surface area contributed by atoms with Gasteiger partial charge in [0.05, 0.1) is 20.6 Å². The summed E-state index contributed by atoms with van der Waals surface area (Å²) in [6.45, 7) is 1.44. The van der Waals surface area contributed by atoms with Crippen molar-refractivity contribution in [3.8, 4) is 0 Å². The van der Waals surface area contributed by atoms with Crippen molar-refractivity contribution in [2.24, 2.45) is 0 Å². The molecular formula is C8H6BrCl2FO. The van der Waals surface area contributed by atoms with Gasteiger partial charge in [-0.2, -0.15) is 0 Å². The number of benzene rings is 1. The van der Waals surface area contributed by atoms with E-state index in [9.17, 15) is 9.50 Å². The first-order valence-electron chi connectivity index (χ1n) is 3.46. The first-order chi connectivity index (χ1) is 5.95. The molecule has 0 bridgehead atoms. The SMILES string of the molecule is CC(O)c1c(F)cc(Cl)c(Br)c1Cl. The summed E-state index contributed by atoms with van der Waals surface area (Å²) in [5.74, 6) is -0.604. The van der Waals surface area contributed by atoms with Gasteiger partial charge in [0.25, 0.3) is 0 Å². The molecule has 0 aromatic heterocycles. The normalized spacial score (nSPS) is 13.1. The zero-order valence-electron chi connectivity index (χ0n) is 6.61. The number of aliphatic hydroxyl groups is 1. The fourth-order valence-electron chi connectivity index (χ4n) is 0.963. The molecule has 1 N–H and O–H groups in total. The Balaban J connectivity index is 3.44. The van der Waals surface area contributed by atoms with Crippen molar-refractivity contribution in [1.29, 1.82) is 0 Å². The Labute approximate surface area is 93.6 Å². The summed E-state index contributed by atoms with van der Waals surface area (Å²) in [5.41, 5.74) is 0.0536. The van der Waals surface area contributed by atoms with Crippen LogP contribution in [0.15, 0.2) is 10.5 Å². The maximum atomic E-state index is 13.2. The van der Waals surface area contributed by atoms with Crippen molar-refractivity contribution < 1.29 is 9.50 Å². The van der Waals surface area contributed by atoms with Gasteiger partial charge in [-0.1, -0.05) is 23.2 Å². The van der Waals surface area contributed by atoms with Crippen LogP contribution in [0.2, 0.25) is 10.0 Å². The lowest BCUT2D eigenvalue weighted by Crippen LogP contribution is -1.98. The van der Waals surface area contributed by atoms with E-state index in [0.717, 1.165) is 6.07 Å². The standard InChI is InChI=1S/C8H6BrCl2FO/c1-3(13)6-5(12)2-4(10)7(9)8(6)11/h2-3,13H,1H3. The van der Waals surface area contributed by atoms with Gasteiger partial charge < -0.3 is 5.11 Å². The minimum absolute atomic E-state index is 0.0536. The Morgan fingerprint density at radius 3 is 2.54 bits per heavy atom. The van der Waals surface area contributed by atoms with Crippen LogP contribution in [0.1, 0.15) is 18.6 Å². The molecule has 1 nitrogen and oxygen atoms in total. The van der Waals surface area contributed by atoms with Crippen molar-refractivity contribution in [1.82, 2.24) is 0 Å². The Morgan fingerprint density at radius 1 is 1.54 bits per heavy atom. The predicted molar refractivity (Wildman–Crippen MR) is 54.8 cm³/mol. The van der Waals surface area contributed by atoms with Crippen LogP contribution in [0.5, 0.6) is 0 Å². The molecule has 0 spiro atoms. The third-order valence-electron chi connectivity index (χ3n) is 1.57. The van der Waals surface area contributed by atoms with Crippen LogP contribution in [0.25, 0.3) is 0 Å². The van der Waals surface area contributed by atoms with Crippen LogP contribution >= 0.6 is 39.1 Å². The summed E-state index contributed by atoms with van der Waals surface area (Å²) in [7, 11) is 0. The summed E-state index contributed by atoms with van der Waals surface area (Å²) >= 11 is 14.5. The molecule has 0 aliphatic heterocycles. The maximum absolute atomic E-state index is 13.2. The maximum Gasteiger partial charge on any atom is 0.132 e. The fourth-order valence-corrected chi connectivity index (χ4v) is 1.88. The van der Waals surface area contributed by atoms with Gasteiger partial charge in [0.2, 0.25) is 0 Å². The van der Waals surface area contributed by atoms with Crippen LogP contribution < -0.4 is 0 Å². The van der Waals surface area contributed by atoms with Crippen LogP contribution in [0.3, 0.4) is 0 Å². The molecule has 13 heavy (non-hydrogen) atoms. The minimum atomic E-state index is -0.957. The molecule has 0 fully saturated rings. The summed E-state index contributed by atoms with van der Waals surface area (Å²) in [4.78, 5) is 0. The molecule has 0 saturated heterocycles. The molecule has 1 atom stereocenters. The van der Waals surface area contributed by atoms with E-state index in [1.807, 2.05) is 0 Å². The third-order valence-corrected chi connectivity index (χ3v) is 3.54. The van der Waals surface area contributed by atoms with Gasteiger partial charge in [-0.25, -0.2) is 4.39 Å². The van der Waals surface area contributed by atoms with Gasteiger partial charge >= 0.3 is 0 Å². The highest BCUT2D eigenvalue weighted by atomic mass is 79.9. The van der Waals surface area contributed by atoms with Crippen molar-refractivity contribution in [2.75, 3.05) is 0 Å². The average Bonchev–Trinajstić information content (AvgIpc) is 1.99. The van der Waals surface area contributed by atoms with Crippen molar-refractivity contribution in [2.45, 2.75) is 13.0 Å². The van der Waals surface area contributed by atoms with E-state index in [4.69, 9.17) is 23.2 Å². The Hall–Kier alpha value is 0.170. The zero-order chi connectivity index (χ0) is 10.2. The lowest BCUT2D eigenvalue weighted by Gasteiger charge is -2.11. The molecule has 1 unspecified atom stereocenters. The quantitative estimate of drug-likeness (QED) is 0.613. The van der Waals surface area contributed by atoms with Gasteiger partial charge in [0.15, 0.2) is 0 Å². The molecule has 5 heteroatoms. The van der Waals surface area contributed by atoms with Crippen molar-refractivity contribution >= 4 is 39.1 Å². The predicted octanol–water partition coefficient (Wildman–Crippen LogP) is 3.95. The topological polar surface area (TPSA) is 20.2 Å². The van der Waals surface area contributed by atoms with Gasteiger partial charge in [-0.15, -0.1) is 0 Å². The summed E-state index contributed by atoms with van der Waals surface area (Å²) in [5, 5.41) is 9.51. The molecular weight excluding hydrogens is 282 g/mol. The fraction of sp³-hybridized carbons (Fsp3) is 0.250. The number of aliphatic hydroxyl groups excluding tert-OH is 1. The number of hydrogen-bond donors (Lipinski definition) is 1. The van der Waals surface area contributed by atoms with E-state index in [0.29, 0.717) is 4.47 Å². The summed E-state index contributed by atoms with van der Waals surface area (Å²) < 4.78 is 13.6. The highest BCUT2D eigenvalue weighted by Gasteiger charge is 2.17.